The SMILES string of the molecule is CCc1cn(CCCC(C)(C)OC(N)=O)cn1. The fourth-order valence-corrected chi connectivity index (χ4v) is 1.72. The number of hydrogen-bond acceptors (Lipinski definition) is 3. The lowest BCUT2D eigenvalue weighted by atomic mass is 10.0. The third kappa shape index (κ3) is 4.89. The molecule has 0 saturated heterocycles. The zero-order valence-corrected chi connectivity index (χ0v) is 10.8. The molecule has 0 aliphatic rings. The topological polar surface area (TPSA) is 70.1 Å². The predicted molar refractivity (Wildman–Crippen MR) is 65.6 cm³/mol. The lowest BCUT2D eigenvalue weighted by molar-refractivity contribution is 0.0369. The molecule has 1 aromatic rings. The Balaban J connectivity index is 2.34. The molecule has 96 valence electrons. The monoisotopic (exact) mass is 239 g/mol. The summed E-state index contributed by atoms with van der Waals surface area (Å²) >= 11 is 0. The van der Waals surface area contributed by atoms with Crippen molar-refractivity contribution in [2.24, 2.45) is 5.73 Å². The second kappa shape index (κ2) is 5.70. The number of amides is 1. The van der Waals surface area contributed by atoms with E-state index in [0.29, 0.717) is 0 Å². The van der Waals surface area contributed by atoms with Crippen LogP contribution in [0.15, 0.2) is 12.5 Å². The minimum absolute atomic E-state index is 0.500. The van der Waals surface area contributed by atoms with Gasteiger partial charge < -0.3 is 15.0 Å². The first-order chi connectivity index (χ1) is 7.93. The van der Waals surface area contributed by atoms with E-state index in [-0.39, 0.29) is 0 Å². The fraction of sp³-hybridized carbons (Fsp3) is 0.667. The molecule has 0 aliphatic carbocycles. The van der Waals surface area contributed by atoms with E-state index in [1.54, 1.807) is 0 Å². The second-order valence-electron chi connectivity index (χ2n) is 4.74. The Morgan fingerprint density at radius 1 is 1.59 bits per heavy atom. The van der Waals surface area contributed by atoms with Gasteiger partial charge in [-0.2, -0.15) is 0 Å². The molecule has 17 heavy (non-hydrogen) atoms. The second-order valence-corrected chi connectivity index (χ2v) is 4.74. The Labute approximate surface area is 102 Å². The highest BCUT2D eigenvalue weighted by Gasteiger charge is 2.20. The molecule has 1 heterocycles. The molecule has 0 radical (unpaired) electrons. The lowest BCUT2D eigenvalue weighted by Crippen LogP contribution is -2.31. The van der Waals surface area contributed by atoms with E-state index >= 15 is 0 Å². The van der Waals surface area contributed by atoms with Crippen molar-refractivity contribution < 1.29 is 9.53 Å². The molecular formula is C12H21N3O2. The molecule has 1 amide bonds. The molecule has 1 aromatic heterocycles. The number of carbonyl (C=O) groups is 1. The number of carbonyl (C=O) groups excluding carboxylic acids is 1. The van der Waals surface area contributed by atoms with E-state index in [2.05, 4.69) is 16.5 Å². The number of rotatable bonds is 6. The van der Waals surface area contributed by atoms with Crippen molar-refractivity contribution in [1.29, 1.82) is 0 Å². The van der Waals surface area contributed by atoms with Gasteiger partial charge in [0.05, 0.1) is 12.0 Å². The van der Waals surface area contributed by atoms with Crippen LogP contribution in [-0.2, 0) is 17.7 Å². The first-order valence-electron chi connectivity index (χ1n) is 5.92. The summed E-state index contributed by atoms with van der Waals surface area (Å²) in [5, 5.41) is 0. The Kier molecular flexibility index (Phi) is 4.54. The van der Waals surface area contributed by atoms with Crippen molar-refractivity contribution in [1.82, 2.24) is 9.55 Å². The molecule has 1 rings (SSSR count). The third-order valence-electron chi connectivity index (χ3n) is 2.62. The van der Waals surface area contributed by atoms with Crippen LogP contribution in [0.5, 0.6) is 0 Å². The van der Waals surface area contributed by atoms with Crippen LogP contribution in [0.3, 0.4) is 0 Å². The van der Waals surface area contributed by atoms with Crippen molar-refractivity contribution in [2.45, 2.75) is 52.2 Å². The third-order valence-corrected chi connectivity index (χ3v) is 2.62. The van der Waals surface area contributed by atoms with Gasteiger partial charge in [0.1, 0.15) is 5.60 Å². The molecule has 0 aromatic carbocycles. The standard InChI is InChI=1S/C12H21N3O2/c1-4-10-8-15(9-14-10)7-5-6-12(2,3)17-11(13)16/h8-9H,4-7H2,1-3H3,(H2,13,16). The molecule has 5 nitrogen and oxygen atoms in total. The van der Waals surface area contributed by atoms with Gasteiger partial charge in [-0.25, -0.2) is 9.78 Å². The van der Waals surface area contributed by atoms with Gasteiger partial charge in [0, 0.05) is 12.7 Å². The zero-order valence-electron chi connectivity index (χ0n) is 10.8. The molecule has 5 heteroatoms. The number of ether oxygens (including phenoxy) is 1. The summed E-state index contributed by atoms with van der Waals surface area (Å²) in [6.45, 7) is 6.68. The van der Waals surface area contributed by atoms with E-state index in [1.165, 1.54) is 0 Å². The average molecular weight is 239 g/mol. The van der Waals surface area contributed by atoms with Crippen LogP contribution in [0.25, 0.3) is 0 Å². The zero-order chi connectivity index (χ0) is 12.9. The summed E-state index contributed by atoms with van der Waals surface area (Å²) in [4.78, 5) is 14.9. The maximum Gasteiger partial charge on any atom is 0.405 e. The first-order valence-corrected chi connectivity index (χ1v) is 5.92. The van der Waals surface area contributed by atoms with Gasteiger partial charge in [-0.15, -0.1) is 0 Å². The molecule has 0 fully saturated rings. The maximum atomic E-state index is 10.7. The van der Waals surface area contributed by atoms with E-state index in [1.807, 2.05) is 26.4 Å². The molecule has 0 spiro atoms. The fourth-order valence-electron chi connectivity index (χ4n) is 1.72. The van der Waals surface area contributed by atoms with E-state index in [0.717, 1.165) is 31.5 Å². The number of aromatic nitrogens is 2. The predicted octanol–water partition coefficient (Wildman–Crippen LogP) is 2.10. The van der Waals surface area contributed by atoms with Crippen LogP contribution in [-0.4, -0.2) is 21.2 Å². The van der Waals surface area contributed by atoms with Crippen molar-refractivity contribution in [3.63, 3.8) is 0 Å². The van der Waals surface area contributed by atoms with Gasteiger partial charge in [-0.1, -0.05) is 6.92 Å². The Morgan fingerprint density at radius 3 is 2.82 bits per heavy atom. The summed E-state index contributed by atoms with van der Waals surface area (Å²) in [6, 6.07) is 0. The molecule has 0 atom stereocenters. The largest absolute Gasteiger partial charge is 0.444 e. The maximum absolute atomic E-state index is 10.7. The summed E-state index contributed by atoms with van der Waals surface area (Å²) in [6.07, 6.45) is 5.80. The Bertz CT molecular complexity index is 372. The Morgan fingerprint density at radius 2 is 2.29 bits per heavy atom. The highest BCUT2D eigenvalue weighted by molar-refractivity contribution is 5.65. The van der Waals surface area contributed by atoms with Gasteiger partial charge in [0.25, 0.3) is 0 Å². The number of aryl methyl sites for hydroxylation is 2. The number of nitrogens with zero attached hydrogens (tertiary/aromatic N) is 2. The van der Waals surface area contributed by atoms with Gasteiger partial charge >= 0.3 is 6.09 Å². The number of imidazole rings is 1. The van der Waals surface area contributed by atoms with Crippen LogP contribution < -0.4 is 5.73 Å². The molecule has 0 aliphatic heterocycles. The molecule has 0 saturated carbocycles. The summed E-state index contributed by atoms with van der Waals surface area (Å²) < 4.78 is 7.07. The summed E-state index contributed by atoms with van der Waals surface area (Å²) in [5.41, 5.74) is 5.60. The normalized spacial score (nSPS) is 11.5. The first kappa shape index (κ1) is 13.5. The number of hydrogen-bond donors (Lipinski definition) is 1. The molecule has 0 unspecified atom stereocenters. The summed E-state index contributed by atoms with van der Waals surface area (Å²) in [7, 11) is 0. The van der Waals surface area contributed by atoms with Crippen LogP contribution in [0, 0.1) is 0 Å². The van der Waals surface area contributed by atoms with Crippen molar-refractivity contribution in [2.75, 3.05) is 0 Å². The minimum Gasteiger partial charge on any atom is -0.444 e. The van der Waals surface area contributed by atoms with Gasteiger partial charge in [-0.05, 0) is 33.1 Å². The lowest BCUT2D eigenvalue weighted by Gasteiger charge is -2.23. The van der Waals surface area contributed by atoms with E-state index < -0.39 is 11.7 Å². The average Bonchev–Trinajstić information content (AvgIpc) is 2.63. The molecule has 2 N–H and O–H groups in total. The number of primary amides is 1. The van der Waals surface area contributed by atoms with Crippen molar-refractivity contribution >= 4 is 6.09 Å². The van der Waals surface area contributed by atoms with Crippen molar-refractivity contribution in [3.8, 4) is 0 Å². The van der Waals surface area contributed by atoms with Crippen molar-refractivity contribution in [3.05, 3.63) is 18.2 Å². The van der Waals surface area contributed by atoms with Crippen LogP contribution in [0.2, 0.25) is 0 Å². The van der Waals surface area contributed by atoms with Crippen LogP contribution in [0.1, 0.15) is 39.3 Å². The Hall–Kier alpha value is -1.52. The smallest absolute Gasteiger partial charge is 0.405 e. The number of nitrogens with two attached hydrogens (primary N) is 1. The minimum atomic E-state index is -0.717. The highest BCUT2D eigenvalue weighted by Crippen LogP contribution is 2.17. The quantitative estimate of drug-likeness (QED) is 0.826. The highest BCUT2D eigenvalue weighted by atomic mass is 16.6. The van der Waals surface area contributed by atoms with Crippen LogP contribution >= 0.6 is 0 Å². The van der Waals surface area contributed by atoms with Gasteiger partial charge in [-0.3, -0.25) is 0 Å². The van der Waals surface area contributed by atoms with Crippen LogP contribution in [0.4, 0.5) is 4.79 Å². The summed E-state index contributed by atoms with van der Waals surface area (Å²) in [5.74, 6) is 0. The molecular weight excluding hydrogens is 218 g/mol. The van der Waals surface area contributed by atoms with Gasteiger partial charge in [0.2, 0.25) is 0 Å². The van der Waals surface area contributed by atoms with Gasteiger partial charge in [0.15, 0.2) is 0 Å². The van der Waals surface area contributed by atoms with E-state index in [9.17, 15) is 4.79 Å². The van der Waals surface area contributed by atoms with E-state index in [4.69, 9.17) is 10.5 Å². The molecule has 0 bridgehead atoms.